The maximum Gasteiger partial charge on any atom is 0.404 e. The fourth-order valence-electron chi connectivity index (χ4n) is 2.47. The summed E-state index contributed by atoms with van der Waals surface area (Å²) >= 11 is 0. The van der Waals surface area contributed by atoms with Gasteiger partial charge in [0.05, 0.1) is 17.1 Å². The second-order valence-electron chi connectivity index (χ2n) is 5.79. The molecule has 0 radical (unpaired) electrons. The van der Waals surface area contributed by atoms with E-state index in [2.05, 4.69) is 20.3 Å². The molecule has 1 aromatic heterocycles. The van der Waals surface area contributed by atoms with Crippen molar-refractivity contribution in [3.05, 3.63) is 34.2 Å². The summed E-state index contributed by atoms with van der Waals surface area (Å²) in [7, 11) is 0. The minimum Gasteiger partial charge on any atom is -0.450 e. The van der Waals surface area contributed by atoms with Crippen molar-refractivity contribution < 1.29 is 18.9 Å². The predicted octanol–water partition coefficient (Wildman–Crippen LogP) is 3.02. The first-order chi connectivity index (χ1) is 12.4. The van der Waals surface area contributed by atoms with E-state index >= 15 is 0 Å². The van der Waals surface area contributed by atoms with E-state index in [-0.39, 0.29) is 24.2 Å². The Morgan fingerprint density at radius 2 is 2.19 bits per heavy atom. The first-order valence-electron chi connectivity index (χ1n) is 8.15. The number of carbonyl (C=O) groups excluding carboxylic acids is 1. The number of rotatable bonds is 9. The number of nitro benzene ring substituents is 1. The zero-order chi connectivity index (χ0) is 19.1. The highest BCUT2D eigenvalue weighted by atomic mass is 16.6. The number of hydrogen-bond acceptors (Lipinski definition) is 8. The van der Waals surface area contributed by atoms with Crippen LogP contribution in [0.5, 0.6) is 0 Å². The van der Waals surface area contributed by atoms with Gasteiger partial charge in [-0.15, -0.1) is 10.2 Å². The molecule has 1 aromatic carbocycles. The number of aryl methyl sites for hydroxylation is 1. The molecule has 10 heteroatoms. The molecule has 0 unspecified atom stereocenters. The molecule has 2 rings (SSSR count). The van der Waals surface area contributed by atoms with Gasteiger partial charge in [-0.1, -0.05) is 6.07 Å². The quantitative estimate of drug-likeness (QED) is 0.392. The lowest BCUT2D eigenvalue weighted by molar-refractivity contribution is -0.383. The zero-order valence-electron chi connectivity index (χ0n) is 14.6. The van der Waals surface area contributed by atoms with Crippen LogP contribution in [0.25, 0.3) is 11.5 Å². The van der Waals surface area contributed by atoms with E-state index < -0.39 is 11.0 Å². The van der Waals surface area contributed by atoms with Gasteiger partial charge < -0.3 is 20.2 Å². The van der Waals surface area contributed by atoms with Gasteiger partial charge in [0, 0.05) is 19.0 Å². The maximum atomic E-state index is 11.4. The minimum absolute atomic E-state index is 0.0625. The highest BCUT2D eigenvalue weighted by Crippen LogP contribution is 2.35. The number of nitrogens with zero attached hydrogens (tertiary/aromatic N) is 3. The lowest BCUT2D eigenvalue weighted by Crippen LogP contribution is -2.17. The Bertz CT molecular complexity index is 776. The lowest BCUT2D eigenvalue weighted by Gasteiger charge is -2.17. The molecule has 0 aliphatic carbocycles. The topological polar surface area (TPSA) is 146 Å². The Balaban J connectivity index is 2.11. The van der Waals surface area contributed by atoms with Gasteiger partial charge in [-0.25, -0.2) is 4.79 Å². The molecule has 0 aliphatic rings. The summed E-state index contributed by atoms with van der Waals surface area (Å²) in [6.07, 6.45) is 1.34. The van der Waals surface area contributed by atoms with Crippen molar-refractivity contribution in [2.75, 3.05) is 11.9 Å². The van der Waals surface area contributed by atoms with Gasteiger partial charge in [-0.3, -0.25) is 10.1 Å². The number of primary amides is 1. The van der Waals surface area contributed by atoms with Gasteiger partial charge in [-0.05, 0) is 32.3 Å². The Labute approximate surface area is 149 Å². The van der Waals surface area contributed by atoms with Crippen LogP contribution in [0.4, 0.5) is 16.2 Å². The van der Waals surface area contributed by atoms with E-state index in [0.717, 1.165) is 12.8 Å². The first kappa shape index (κ1) is 19.2. The summed E-state index contributed by atoms with van der Waals surface area (Å²) in [5.41, 5.74) is 5.64. The van der Waals surface area contributed by atoms with E-state index in [0.29, 0.717) is 23.6 Å². The van der Waals surface area contributed by atoms with E-state index in [1.165, 1.54) is 6.07 Å². The molecular weight excluding hydrogens is 342 g/mol. The number of hydrogen-bond donors (Lipinski definition) is 2. The highest BCUT2D eigenvalue weighted by Gasteiger charge is 2.22. The Morgan fingerprint density at radius 1 is 1.42 bits per heavy atom. The number of unbranched alkanes of at least 4 members (excludes halogenated alkanes) is 1. The molecule has 0 spiro atoms. The summed E-state index contributed by atoms with van der Waals surface area (Å²) in [5, 5.41) is 22.3. The average molecular weight is 363 g/mol. The molecule has 26 heavy (non-hydrogen) atoms. The van der Waals surface area contributed by atoms with Crippen LogP contribution in [0.2, 0.25) is 0 Å². The van der Waals surface area contributed by atoms with Crippen molar-refractivity contribution in [3.63, 3.8) is 0 Å². The van der Waals surface area contributed by atoms with E-state index in [9.17, 15) is 14.9 Å². The van der Waals surface area contributed by atoms with Crippen LogP contribution < -0.4 is 11.1 Å². The third-order valence-corrected chi connectivity index (χ3v) is 3.66. The number of anilines is 1. The maximum absolute atomic E-state index is 11.4. The number of nitrogens with two attached hydrogens (primary N) is 1. The first-order valence-corrected chi connectivity index (χ1v) is 8.15. The van der Waals surface area contributed by atoms with Crippen molar-refractivity contribution in [1.29, 1.82) is 0 Å². The molecule has 0 aliphatic heterocycles. The predicted molar refractivity (Wildman–Crippen MR) is 93.6 cm³/mol. The van der Waals surface area contributed by atoms with Crippen molar-refractivity contribution in [1.82, 2.24) is 10.2 Å². The summed E-state index contributed by atoms with van der Waals surface area (Å²) in [6.45, 7) is 3.81. The van der Waals surface area contributed by atoms with Gasteiger partial charge in [0.1, 0.15) is 5.69 Å². The fraction of sp³-hybridized carbons (Fsp3) is 0.438. The van der Waals surface area contributed by atoms with Gasteiger partial charge in [0.15, 0.2) is 0 Å². The molecule has 2 aromatic rings. The molecule has 0 saturated heterocycles. The SMILES string of the molecule is Cc1nnc(-c2cccc([N+](=O)[O-])c2N[C@@H](C)CCCCOC(N)=O)o1. The van der Waals surface area contributed by atoms with Crippen molar-refractivity contribution >= 4 is 17.5 Å². The molecule has 0 bridgehead atoms. The second kappa shape index (κ2) is 8.79. The molecule has 1 heterocycles. The van der Waals surface area contributed by atoms with Crippen molar-refractivity contribution in [2.45, 2.75) is 39.2 Å². The zero-order valence-corrected chi connectivity index (χ0v) is 14.6. The van der Waals surface area contributed by atoms with Gasteiger partial charge in [0.2, 0.25) is 11.8 Å². The van der Waals surface area contributed by atoms with Crippen LogP contribution in [0, 0.1) is 17.0 Å². The number of benzene rings is 1. The standard InChI is InChI=1S/C16H21N5O5/c1-10(6-3-4-9-25-16(17)22)18-14-12(15-20-19-11(2)26-15)7-5-8-13(14)21(23)24/h5,7-8,10,18H,3-4,6,9H2,1-2H3,(H2,17,22)/t10-/m0/s1. The normalized spacial score (nSPS) is 11.8. The Kier molecular flexibility index (Phi) is 6.48. The van der Waals surface area contributed by atoms with Crippen LogP contribution in [-0.4, -0.2) is 33.9 Å². The third-order valence-electron chi connectivity index (χ3n) is 3.66. The van der Waals surface area contributed by atoms with E-state index in [4.69, 9.17) is 10.2 Å². The fourth-order valence-corrected chi connectivity index (χ4v) is 2.47. The molecule has 1 atom stereocenters. The van der Waals surface area contributed by atoms with Gasteiger partial charge in [-0.2, -0.15) is 0 Å². The second-order valence-corrected chi connectivity index (χ2v) is 5.79. The smallest absolute Gasteiger partial charge is 0.404 e. The summed E-state index contributed by atoms with van der Waals surface area (Å²) in [5.74, 6) is 0.593. The number of aromatic nitrogens is 2. The monoisotopic (exact) mass is 363 g/mol. The van der Waals surface area contributed by atoms with Gasteiger partial charge >= 0.3 is 6.09 Å². The third kappa shape index (κ3) is 5.16. The number of para-hydroxylation sites is 1. The van der Waals surface area contributed by atoms with E-state index in [1.54, 1.807) is 19.1 Å². The Hall–Kier alpha value is -3.17. The molecule has 3 N–H and O–H groups in total. The average Bonchev–Trinajstić information content (AvgIpc) is 3.00. The number of ether oxygens (including phenoxy) is 1. The van der Waals surface area contributed by atoms with E-state index in [1.807, 2.05) is 6.92 Å². The minimum atomic E-state index is -0.796. The van der Waals surface area contributed by atoms with Crippen molar-refractivity contribution in [3.8, 4) is 11.5 Å². The molecule has 0 saturated carbocycles. The van der Waals surface area contributed by atoms with Crippen LogP contribution in [0.1, 0.15) is 32.1 Å². The van der Waals surface area contributed by atoms with Gasteiger partial charge in [0.25, 0.3) is 5.69 Å². The number of carbonyl (C=O) groups is 1. The summed E-state index contributed by atoms with van der Waals surface area (Å²) < 4.78 is 10.1. The largest absolute Gasteiger partial charge is 0.450 e. The summed E-state index contributed by atoms with van der Waals surface area (Å²) in [4.78, 5) is 21.5. The van der Waals surface area contributed by atoms with Crippen molar-refractivity contribution in [2.24, 2.45) is 5.73 Å². The number of nitro groups is 1. The van der Waals surface area contributed by atoms with Crippen LogP contribution >= 0.6 is 0 Å². The highest BCUT2D eigenvalue weighted by molar-refractivity contribution is 5.80. The Morgan fingerprint density at radius 3 is 2.81 bits per heavy atom. The molecule has 1 amide bonds. The lowest BCUT2D eigenvalue weighted by atomic mass is 10.1. The van der Waals surface area contributed by atoms with Crippen LogP contribution in [0.3, 0.4) is 0 Å². The molecule has 10 nitrogen and oxygen atoms in total. The number of amides is 1. The molecule has 140 valence electrons. The summed E-state index contributed by atoms with van der Waals surface area (Å²) in [6, 6.07) is 4.62. The molecule has 0 fully saturated rings. The molecular formula is C16H21N5O5. The number of nitrogens with one attached hydrogen (secondary N) is 1. The van der Waals surface area contributed by atoms with Crippen LogP contribution in [0.15, 0.2) is 22.6 Å². The van der Waals surface area contributed by atoms with Crippen LogP contribution in [-0.2, 0) is 4.74 Å².